The molecule has 0 amide bonds. The van der Waals surface area contributed by atoms with Crippen LogP contribution in [0.1, 0.15) is 0 Å². The molecule has 4 saturated heterocycles. The Morgan fingerprint density at radius 3 is 1.04 bits per heavy atom. The summed E-state index contributed by atoms with van der Waals surface area (Å²) in [5.74, 6) is 17.4. The van der Waals surface area contributed by atoms with Gasteiger partial charge in [-0.1, -0.05) is 0 Å². The van der Waals surface area contributed by atoms with E-state index in [1.165, 1.54) is 69.0 Å². The summed E-state index contributed by atoms with van der Waals surface area (Å²) >= 11 is 18.0. The van der Waals surface area contributed by atoms with Crippen molar-refractivity contribution in [1.82, 2.24) is 0 Å². The van der Waals surface area contributed by atoms with Crippen LogP contribution >= 0.6 is 94.1 Å². The Kier molecular flexibility index (Phi) is 11.7. The standard InChI is InChI=1S/C18H30S8Te/c1(13-5-23-13)19-9-17(10-20-2-14-6-24-14)27-18(11-21-3-15-7-25-15)12-22-4-16-8-26-16/h13-18H,1-12H2. The van der Waals surface area contributed by atoms with Gasteiger partial charge in [-0.2, -0.15) is 0 Å². The molecule has 4 fully saturated rings. The summed E-state index contributed by atoms with van der Waals surface area (Å²) in [5.41, 5.74) is 0. The van der Waals surface area contributed by atoms with E-state index in [1.807, 2.05) is 0 Å². The van der Waals surface area contributed by atoms with Gasteiger partial charge in [-0.3, -0.25) is 0 Å². The summed E-state index contributed by atoms with van der Waals surface area (Å²) in [6.45, 7) is 0. The quantitative estimate of drug-likeness (QED) is 0.139. The molecule has 0 aromatic heterocycles. The first-order valence-corrected chi connectivity index (χ1v) is 21.3. The number of hydrogen-bond acceptors (Lipinski definition) is 8. The number of hydrogen-bond donors (Lipinski definition) is 0. The van der Waals surface area contributed by atoms with Crippen molar-refractivity contribution in [3.05, 3.63) is 0 Å². The van der Waals surface area contributed by atoms with Gasteiger partial charge in [-0.05, 0) is 0 Å². The molecule has 0 aliphatic carbocycles. The summed E-state index contributed by atoms with van der Waals surface area (Å²) < 4.78 is 2.16. The van der Waals surface area contributed by atoms with Crippen molar-refractivity contribution in [3.63, 3.8) is 0 Å². The monoisotopic (exact) mass is 632 g/mol. The predicted molar refractivity (Wildman–Crippen MR) is 148 cm³/mol. The van der Waals surface area contributed by atoms with Gasteiger partial charge < -0.3 is 0 Å². The van der Waals surface area contributed by atoms with Crippen molar-refractivity contribution in [2.45, 2.75) is 28.9 Å². The zero-order chi connectivity index (χ0) is 18.3. The van der Waals surface area contributed by atoms with Crippen LogP contribution in [0.25, 0.3) is 0 Å². The van der Waals surface area contributed by atoms with Crippen LogP contribution in [0.4, 0.5) is 0 Å². The molecule has 9 heteroatoms. The fraction of sp³-hybridized carbons (Fsp3) is 1.00. The van der Waals surface area contributed by atoms with Gasteiger partial charge in [0.2, 0.25) is 0 Å². The molecule has 0 spiro atoms. The van der Waals surface area contributed by atoms with E-state index in [0.717, 1.165) is 28.9 Å². The van der Waals surface area contributed by atoms with Crippen LogP contribution in [0.5, 0.6) is 0 Å². The molecule has 4 unspecified atom stereocenters. The first-order chi connectivity index (χ1) is 13.3. The molecule has 4 aliphatic heterocycles. The molecule has 4 rings (SSSR count). The topological polar surface area (TPSA) is 0 Å². The molecule has 156 valence electrons. The summed E-state index contributed by atoms with van der Waals surface area (Å²) in [7, 11) is 0. The van der Waals surface area contributed by atoms with Crippen molar-refractivity contribution in [1.29, 1.82) is 0 Å². The van der Waals surface area contributed by atoms with Gasteiger partial charge in [-0.25, -0.2) is 0 Å². The molecule has 0 bridgehead atoms. The molecule has 0 aromatic rings. The van der Waals surface area contributed by atoms with Crippen LogP contribution in [0.15, 0.2) is 0 Å². The predicted octanol–water partition coefficient (Wildman–Crippen LogP) is 5.66. The van der Waals surface area contributed by atoms with Crippen LogP contribution in [0.3, 0.4) is 0 Å². The zero-order valence-electron chi connectivity index (χ0n) is 15.6. The average molecular weight is 631 g/mol. The normalized spacial score (nSPS) is 32.9. The fourth-order valence-corrected chi connectivity index (χ4v) is 18.6. The van der Waals surface area contributed by atoms with Crippen LogP contribution in [0.2, 0.25) is 7.93 Å². The summed E-state index contributed by atoms with van der Waals surface area (Å²) in [5, 5.41) is 4.06. The van der Waals surface area contributed by atoms with E-state index < -0.39 is 0 Å². The van der Waals surface area contributed by atoms with E-state index in [1.54, 1.807) is 0 Å². The minimum atomic E-state index is 0.124. The van der Waals surface area contributed by atoms with Crippen molar-refractivity contribution in [2.75, 3.05) is 69.0 Å². The van der Waals surface area contributed by atoms with E-state index in [-0.39, 0.29) is 20.9 Å². The van der Waals surface area contributed by atoms with Crippen molar-refractivity contribution in [2.24, 2.45) is 0 Å². The molecule has 0 saturated carbocycles. The van der Waals surface area contributed by atoms with Gasteiger partial charge in [0, 0.05) is 0 Å². The van der Waals surface area contributed by atoms with E-state index in [2.05, 4.69) is 94.1 Å². The zero-order valence-corrected chi connectivity index (χ0v) is 24.5. The average Bonchev–Trinajstić information content (AvgIpc) is 3.48. The summed E-state index contributed by atoms with van der Waals surface area (Å²) in [6.07, 6.45) is 0. The molecule has 4 atom stereocenters. The molecule has 27 heavy (non-hydrogen) atoms. The van der Waals surface area contributed by atoms with E-state index >= 15 is 0 Å². The second-order valence-electron chi connectivity index (χ2n) is 7.35. The first kappa shape index (κ1) is 23.7. The third-order valence-corrected chi connectivity index (χ3v) is 21.0. The molecule has 0 aromatic carbocycles. The number of rotatable bonds is 18. The van der Waals surface area contributed by atoms with Crippen LogP contribution in [0, 0.1) is 0 Å². The maximum absolute atomic E-state index is 2.30. The molecule has 0 nitrogen and oxygen atoms in total. The molecule has 4 aliphatic rings. The maximum atomic E-state index is 2.30. The van der Waals surface area contributed by atoms with E-state index in [4.69, 9.17) is 0 Å². The molecular weight excluding hydrogens is 600 g/mol. The first-order valence-electron chi connectivity index (χ1n) is 9.78. The Morgan fingerprint density at radius 2 is 0.815 bits per heavy atom. The van der Waals surface area contributed by atoms with E-state index in [9.17, 15) is 0 Å². The minimum absolute atomic E-state index is 0.124. The van der Waals surface area contributed by atoms with Crippen LogP contribution in [-0.2, 0) is 0 Å². The van der Waals surface area contributed by atoms with Gasteiger partial charge in [0.05, 0.1) is 0 Å². The van der Waals surface area contributed by atoms with E-state index in [0.29, 0.717) is 0 Å². The Bertz CT molecular complexity index is 352. The SMILES string of the molecule is C(SCC(CSCC1CS1)[Te]C(CSCC1CS1)CSCC1CS1)C1CS1. The second-order valence-corrected chi connectivity index (χ2v) is 21.6. The molecule has 0 N–H and O–H groups in total. The second kappa shape index (κ2) is 13.3. The summed E-state index contributed by atoms with van der Waals surface area (Å²) in [6, 6.07) is 0. The van der Waals surface area contributed by atoms with Crippen molar-refractivity contribution >= 4 is 115 Å². The number of thioether (sulfide) groups is 8. The van der Waals surface area contributed by atoms with Gasteiger partial charge in [-0.15, -0.1) is 0 Å². The fourth-order valence-electron chi connectivity index (χ4n) is 2.51. The van der Waals surface area contributed by atoms with Crippen molar-refractivity contribution in [3.8, 4) is 0 Å². The Hall–Kier alpha value is 3.59. The Morgan fingerprint density at radius 1 is 0.556 bits per heavy atom. The third-order valence-electron chi connectivity index (χ3n) is 4.42. The summed E-state index contributed by atoms with van der Waals surface area (Å²) in [4.78, 5) is 0. The Balaban J connectivity index is 1.18. The molecular formula is C18H30S8Te. The van der Waals surface area contributed by atoms with Gasteiger partial charge in [0.1, 0.15) is 0 Å². The van der Waals surface area contributed by atoms with Crippen molar-refractivity contribution < 1.29 is 0 Å². The van der Waals surface area contributed by atoms with Gasteiger partial charge in [0.15, 0.2) is 0 Å². The van der Waals surface area contributed by atoms with Crippen LogP contribution in [-0.4, -0.2) is 111 Å². The van der Waals surface area contributed by atoms with Crippen LogP contribution < -0.4 is 0 Å². The van der Waals surface area contributed by atoms with Gasteiger partial charge >= 0.3 is 213 Å². The Labute approximate surface area is 210 Å². The van der Waals surface area contributed by atoms with Gasteiger partial charge in [0.25, 0.3) is 0 Å². The molecule has 4 heterocycles. The molecule has 0 radical (unpaired) electrons. The third kappa shape index (κ3) is 11.9.